The third-order valence-corrected chi connectivity index (χ3v) is 3.56. The molecule has 19 heavy (non-hydrogen) atoms. The van der Waals surface area contributed by atoms with E-state index in [4.69, 9.17) is 40.1 Å². The maximum absolute atomic E-state index is 13.7. The Morgan fingerprint density at radius 2 is 1.89 bits per heavy atom. The van der Waals surface area contributed by atoms with Crippen molar-refractivity contribution in [2.24, 2.45) is 0 Å². The zero-order valence-electron chi connectivity index (χ0n) is 9.42. The van der Waals surface area contributed by atoms with Gasteiger partial charge in [-0.1, -0.05) is 34.8 Å². The molecule has 2 aromatic rings. The van der Waals surface area contributed by atoms with Crippen LogP contribution in [0.3, 0.4) is 0 Å². The van der Waals surface area contributed by atoms with Gasteiger partial charge in [0.25, 0.3) is 0 Å². The Hall–Kier alpha value is -1.34. The number of nitriles is 1. The third-order valence-electron chi connectivity index (χ3n) is 2.54. The predicted molar refractivity (Wildman–Crippen MR) is 74.0 cm³/mol. The SMILES string of the molecule is N#CCc1c(F)cncc1-c1cc(Cl)cc(Cl)c1Cl. The monoisotopic (exact) mass is 314 g/mol. The van der Waals surface area contributed by atoms with Crippen LogP contribution in [0.5, 0.6) is 0 Å². The van der Waals surface area contributed by atoms with E-state index >= 15 is 0 Å². The van der Waals surface area contributed by atoms with Gasteiger partial charge >= 0.3 is 0 Å². The molecule has 2 rings (SSSR count). The summed E-state index contributed by atoms with van der Waals surface area (Å²) in [4.78, 5) is 3.77. The Morgan fingerprint density at radius 1 is 1.16 bits per heavy atom. The fraction of sp³-hybridized carbons (Fsp3) is 0.0769. The van der Waals surface area contributed by atoms with Crippen molar-refractivity contribution in [1.29, 1.82) is 5.26 Å². The van der Waals surface area contributed by atoms with Gasteiger partial charge < -0.3 is 0 Å². The van der Waals surface area contributed by atoms with Gasteiger partial charge in [-0.15, -0.1) is 0 Å². The van der Waals surface area contributed by atoms with E-state index in [0.29, 0.717) is 16.1 Å². The van der Waals surface area contributed by atoms with Crippen molar-refractivity contribution in [1.82, 2.24) is 4.98 Å². The zero-order chi connectivity index (χ0) is 14.0. The summed E-state index contributed by atoms with van der Waals surface area (Å²) in [5, 5.41) is 9.65. The lowest BCUT2D eigenvalue weighted by molar-refractivity contribution is 0.609. The van der Waals surface area contributed by atoms with Crippen molar-refractivity contribution in [3.63, 3.8) is 0 Å². The quantitative estimate of drug-likeness (QED) is 0.738. The molecular weight excluding hydrogens is 310 g/mol. The van der Waals surface area contributed by atoms with Crippen LogP contribution in [-0.2, 0) is 6.42 Å². The average molecular weight is 316 g/mol. The molecule has 0 spiro atoms. The number of nitrogens with zero attached hydrogens (tertiary/aromatic N) is 2. The molecule has 0 aliphatic heterocycles. The maximum Gasteiger partial charge on any atom is 0.146 e. The number of hydrogen-bond acceptors (Lipinski definition) is 2. The molecule has 6 heteroatoms. The first-order chi connectivity index (χ1) is 9.04. The third kappa shape index (κ3) is 2.82. The minimum absolute atomic E-state index is 0.0931. The molecule has 0 unspecified atom stereocenters. The lowest BCUT2D eigenvalue weighted by Gasteiger charge is -2.11. The molecule has 0 atom stereocenters. The summed E-state index contributed by atoms with van der Waals surface area (Å²) in [5.74, 6) is -0.564. The standard InChI is InChI=1S/C13H6Cl3FN2/c14-7-3-9(13(16)11(15)4-7)10-5-19-6-12(17)8(10)1-2-18/h3-6H,1H2. The van der Waals surface area contributed by atoms with Gasteiger partial charge in [-0.2, -0.15) is 5.26 Å². The minimum atomic E-state index is -0.564. The lowest BCUT2D eigenvalue weighted by Crippen LogP contribution is -1.96. The Bertz CT molecular complexity index is 680. The molecule has 0 fully saturated rings. The summed E-state index contributed by atoms with van der Waals surface area (Å²) in [6.07, 6.45) is 2.39. The molecule has 0 amide bonds. The average Bonchev–Trinajstić information content (AvgIpc) is 2.36. The van der Waals surface area contributed by atoms with Gasteiger partial charge in [-0.05, 0) is 12.1 Å². The van der Waals surface area contributed by atoms with Gasteiger partial charge in [0.1, 0.15) is 5.82 Å². The van der Waals surface area contributed by atoms with Crippen molar-refractivity contribution in [3.05, 3.63) is 51.0 Å². The Labute approximate surface area is 124 Å². The molecule has 1 aromatic carbocycles. The van der Waals surface area contributed by atoms with Gasteiger partial charge in [-0.25, -0.2) is 4.39 Å². The van der Waals surface area contributed by atoms with Crippen LogP contribution < -0.4 is 0 Å². The highest BCUT2D eigenvalue weighted by atomic mass is 35.5. The molecule has 2 nitrogen and oxygen atoms in total. The number of pyridine rings is 1. The van der Waals surface area contributed by atoms with Crippen LogP contribution in [0.15, 0.2) is 24.5 Å². The van der Waals surface area contributed by atoms with Crippen molar-refractivity contribution in [2.45, 2.75) is 6.42 Å². The Balaban J connectivity index is 2.73. The molecule has 1 aromatic heterocycles. The molecule has 96 valence electrons. The van der Waals surface area contributed by atoms with Crippen LogP contribution in [0.25, 0.3) is 11.1 Å². The van der Waals surface area contributed by atoms with Gasteiger partial charge in [0.2, 0.25) is 0 Å². The van der Waals surface area contributed by atoms with Gasteiger partial charge in [0.15, 0.2) is 0 Å². The molecule has 0 radical (unpaired) electrons. The number of aromatic nitrogens is 1. The zero-order valence-corrected chi connectivity index (χ0v) is 11.7. The van der Waals surface area contributed by atoms with E-state index in [1.807, 2.05) is 6.07 Å². The van der Waals surface area contributed by atoms with Crippen LogP contribution in [0.1, 0.15) is 5.56 Å². The predicted octanol–water partition coefficient (Wildman–Crippen LogP) is 4.91. The highest BCUT2D eigenvalue weighted by Crippen LogP contribution is 2.38. The first kappa shape index (κ1) is 14.1. The molecule has 0 aliphatic rings. The second-order valence-electron chi connectivity index (χ2n) is 3.73. The van der Waals surface area contributed by atoms with Crippen molar-refractivity contribution in [3.8, 4) is 17.2 Å². The fourth-order valence-electron chi connectivity index (χ4n) is 1.70. The summed E-state index contributed by atoms with van der Waals surface area (Å²) in [7, 11) is 0. The molecule has 0 saturated carbocycles. The van der Waals surface area contributed by atoms with E-state index in [2.05, 4.69) is 4.98 Å². The minimum Gasteiger partial charge on any atom is -0.261 e. The number of rotatable bonds is 2. The summed E-state index contributed by atoms with van der Waals surface area (Å²) in [6.45, 7) is 0. The lowest BCUT2D eigenvalue weighted by atomic mass is 10.00. The van der Waals surface area contributed by atoms with Crippen molar-refractivity contribution < 1.29 is 4.39 Å². The summed E-state index contributed by atoms with van der Waals surface area (Å²) < 4.78 is 13.7. The topological polar surface area (TPSA) is 36.7 Å². The molecule has 0 saturated heterocycles. The van der Waals surface area contributed by atoms with Crippen LogP contribution in [0.2, 0.25) is 15.1 Å². The number of halogens is 4. The van der Waals surface area contributed by atoms with Crippen LogP contribution in [0, 0.1) is 17.1 Å². The van der Waals surface area contributed by atoms with Crippen LogP contribution in [0.4, 0.5) is 4.39 Å². The Morgan fingerprint density at radius 3 is 2.58 bits per heavy atom. The van der Waals surface area contributed by atoms with E-state index in [1.165, 1.54) is 12.3 Å². The molecule has 0 aliphatic carbocycles. The van der Waals surface area contributed by atoms with E-state index in [9.17, 15) is 4.39 Å². The first-order valence-electron chi connectivity index (χ1n) is 5.19. The molecular formula is C13H6Cl3FN2. The molecule has 0 N–H and O–H groups in total. The smallest absolute Gasteiger partial charge is 0.146 e. The van der Waals surface area contributed by atoms with Crippen LogP contribution >= 0.6 is 34.8 Å². The highest BCUT2D eigenvalue weighted by molar-refractivity contribution is 6.45. The van der Waals surface area contributed by atoms with Crippen molar-refractivity contribution in [2.75, 3.05) is 0 Å². The molecule has 0 bridgehead atoms. The van der Waals surface area contributed by atoms with Gasteiger partial charge in [0, 0.05) is 27.9 Å². The summed E-state index contributed by atoms with van der Waals surface area (Å²) in [6, 6.07) is 4.96. The second-order valence-corrected chi connectivity index (χ2v) is 4.95. The second kappa shape index (κ2) is 5.75. The Kier molecular flexibility index (Phi) is 4.26. The van der Waals surface area contributed by atoms with E-state index in [0.717, 1.165) is 6.20 Å². The molecule has 1 heterocycles. The van der Waals surface area contributed by atoms with E-state index in [1.54, 1.807) is 6.07 Å². The highest BCUT2D eigenvalue weighted by Gasteiger charge is 2.16. The largest absolute Gasteiger partial charge is 0.261 e. The number of benzene rings is 1. The summed E-state index contributed by atoms with van der Waals surface area (Å²) >= 11 is 18.0. The first-order valence-corrected chi connectivity index (χ1v) is 6.32. The van der Waals surface area contributed by atoms with E-state index in [-0.39, 0.29) is 22.0 Å². The summed E-state index contributed by atoms with van der Waals surface area (Å²) in [5.41, 5.74) is 1.09. The van der Waals surface area contributed by atoms with Gasteiger partial charge in [0.05, 0.1) is 28.7 Å². The van der Waals surface area contributed by atoms with Crippen LogP contribution in [-0.4, -0.2) is 4.98 Å². The van der Waals surface area contributed by atoms with Crippen molar-refractivity contribution >= 4 is 34.8 Å². The fourth-order valence-corrected chi connectivity index (χ4v) is 2.41. The van der Waals surface area contributed by atoms with Gasteiger partial charge in [-0.3, -0.25) is 4.98 Å². The normalized spacial score (nSPS) is 10.3. The number of hydrogen-bond donors (Lipinski definition) is 0. The maximum atomic E-state index is 13.7. The van der Waals surface area contributed by atoms with E-state index < -0.39 is 5.82 Å².